The average molecular weight is 354 g/mol. The molecule has 8 heteroatoms. The molecule has 0 aromatic heterocycles. The molecule has 0 unspecified atom stereocenters. The van der Waals surface area contributed by atoms with Gasteiger partial charge in [-0.1, -0.05) is 12.1 Å². The molecule has 2 N–H and O–H groups in total. The number of amides is 1. The van der Waals surface area contributed by atoms with Crippen LogP contribution in [0.4, 0.5) is 0 Å². The second-order valence-corrected chi connectivity index (χ2v) is 7.59. The van der Waals surface area contributed by atoms with Crippen LogP contribution in [0.3, 0.4) is 0 Å². The van der Waals surface area contributed by atoms with Crippen molar-refractivity contribution in [2.45, 2.75) is 18.2 Å². The first-order chi connectivity index (χ1) is 11.2. The number of guanidine groups is 1. The molecule has 1 rings (SSSR count). The Morgan fingerprint density at radius 3 is 2.29 bits per heavy atom. The highest BCUT2D eigenvalue weighted by molar-refractivity contribution is 7.90. The molecule has 0 spiro atoms. The summed E-state index contributed by atoms with van der Waals surface area (Å²) in [5, 5.41) is 6.24. The summed E-state index contributed by atoms with van der Waals surface area (Å²) in [5.41, 5.74) is 1.02. The summed E-state index contributed by atoms with van der Waals surface area (Å²) in [6.07, 6.45) is 1.91. The normalized spacial score (nSPS) is 11.9. The molecule has 0 heterocycles. The van der Waals surface area contributed by atoms with Crippen LogP contribution in [0.5, 0.6) is 0 Å². The van der Waals surface area contributed by atoms with Gasteiger partial charge in [0.15, 0.2) is 15.8 Å². The standard InChI is InChI=1S/C16H26N4O3S/c1-5-17-16(19-12-15(21)20(2)3)18-11-10-13-6-8-14(9-7-13)24(4,22)23/h6-9H,5,10-12H2,1-4H3,(H2,17,18,19). The summed E-state index contributed by atoms with van der Waals surface area (Å²) in [6, 6.07) is 6.83. The molecule has 134 valence electrons. The third kappa shape index (κ3) is 6.99. The van der Waals surface area contributed by atoms with E-state index in [0.29, 0.717) is 23.9 Å². The number of likely N-dealkylation sites (N-methyl/N-ethyl adjacent to an activating group) is 1. The topological polar surface area (TPSA) is 90.9 Å². The van der Waals surface area contributed by atoms with Crippen LogP contribution in [0, 0.1) is 0 Å². The highest BCUT2D eigenvalue weighted by Gasteiger charge is 2.06. The van der Waals surface area contributed by atoms with E-state index in [0.717, 1.165) is 12.0 Å². The van der Waals surface area contributed by atoms with E-state index in [1.54, 1.807) is 38.4 Å². The van der Waals surface area contributed by atoms with Gasteiger partial charge in [-0.05, 0) is 31.0 Å². The molecule has 0 aliphatic rings. The van der Waals surface area contributed by atoms with Crippen LogP contribution in [-0.4, -0.2) is 65.2 Å². The van der Waals surface area contributed by atoms with Crippen LogP contribution in [-0.2, 0) is 21.1 Å². The van der Waals surface area contributed by atoms with Crippen molar-refractivity contribution in [2.24, 2.45) is 4.99 Å². The van der Waals surface area contributed by atoms with Crippen molar-refractivity contribution in [3.63, 3.8) is 0 Å². The summed E-state index contributed by atoms with van der Waals surface area (Å²) in [7, 11) is 0.222. The quantitative estimate of drug-likeness (QED) is 0.542. The number of carbonyl (C=O) groups excluding carboxylic acids is 1. The number of rotatable bonds is 7. The van der Waals surface area contributed by atoms with Crippen molar-refractivity contribution in [1.29, 1.82) is 0 Å². The minimum absolute atomic E-state index is 0.0661. The second kappa shape index (κ2) is 9.27. The van der Waals surface area contributed by atoms with Gasteiger partial charge in [0.1, 0.15) is 6.54 Å². The lowest BCUT2D eigenvalue weighted by Gasteiger charge is -2.12. The maximum Gasteiger partial charge on any atom is 0.243 e. The van der Waals surface area contributed by atoms with Gasteiger partial charge >= 0.3 is 0 Å². The van der Waals surface area contributed by atoms with Gasteiger partial charge in [-0.3, -0.25) is 4.79 Å². The average Bonchev–Trinajstić information content (AvgIpc) is 2.51. The molecule has 1 amide bonds. The Bertz CT molecular complexity index is 667. The van der Waals surface area contributed by atoms with E-state index in [1.165, 1.54) is 11.2 Å². The van der Waals surface area contributed by atoms with E-state index in [4.69, 9.17) is 0 Å². The van der Waals surface area contributed by atoms with Crippen molar-refractivity contribution in [1.82, 2.24) is 15.5 Å². The Balaban J connectivity index is 2.56. The molecule has 7 nitrogen and oxygen atoms in total. The van der Waals surface area contributed by atoms with Crippen molar-refractivity contribution in [3.8, 4) is 0 Å². The largest absolute Gasteiger partial charge is 0.357 e. The van der Waals surface area contributed by atoms with E-state index in [2.05, 4.69) is 15.6 Å². The van der Waals surface area contributed by atoms with Gasteiger partial charge in [0, 0.05) is 33.4 Å². The molecule has 0 saturated heterocycles. The summed E-state index contributed by atoms with van der Waals surface area (Å²) >= 11 is 0. The lowest BCUT2D eigenvalue weighted by Crippen LogP contribution is -2.39. The van der Waals surface area contributed by atoms with Gasteiger partial charge < -0.3 is 15.5 Å². The smallest absolute Gasteiger partial charge is 0.243 e. The Hall–Kier alpha value is -2.09. The Morgan fingerprint density at radius 1 is 1.17 bits per heavy atom. The van der Waals surface area contributed by atoms with Gasteiger partial charge in [0.05, 0.1) is 4.90 Å². The third-order valence-electron chi connectivity index (χ3n) is 3.27. The molecule has 0 radical (unpaired) electrons. The third-order valence-corrected chi connectivity index (χ3v) is 4.40. The van der Waals surface area contributed by atoms with Crippen LogP contribution < -0.4 is 10.6 Å². The van der Waals surface area contributed by atoms with Crippen molar-refractivity contribution in [3.05, 3.63) is 29.8 Å². The van der Waals surface area contributed by atoms with E-state index in [-0.39, 0.29) is 12.5 Å². The number of sulfone groups is 1. The first kappa shape index (κ1) is 20.0. The predicted molar refractivity (Wildman–Crippen MR) is 95.9 cm³/mol. The highest BCUT2D eigenvalue weighted by atomic mass is 32.2. The zero-order valence-electron chi connectivity index (χ0n) is 14.7. The Kier molecular flexibility index (Phi) is 7.70. The fourth-order valence-electron chi connectivity index (χ4n) is 1.86. The first-order valence-electron chi connectivity index (χ1n) is 7.75. The maximum absolute atomic E-state index is 11.6. The molecule has 24 heavy (non-hydrogen) atoms. The first-order valence-corrected chi connectivity index (χ1v) is 9.64. The number of benzene rings is 1. The molecule has 0 aliphatic heterocycles. The van der Waals surface area contributed by atoms with Gasteiger partial charge in [-0.15, -0.1) is 0 Å². The highest BCUT2D eigenvalue weighted by Crippen LogP contribution is 2.10. The molecule has 1 aromatic rings. The Morgan fingerprint density at radius 2 is 1.79 bits per heavy atom. The van der Waals surface area contributed by atoms with Crippen molar-refractivity contribution < 1.29 is 13.2 Å². The van der Waals surface area contributed by atoms with Crippen LogP contribution in [0.2, 0.25) is 0 Å². The molecule has 0 saturated carbocycles. The maximum atomic E-state index is 11.6. The van der Waals surface area contributed by atoms with Gasteiger partial charge in [-0.25, -0.2) is 13.4 Å². The zero-order chi connectivity index (χ0) is 18.2. The lowest BCUT2D eigenvalue weighted by atomic mass is 10.1. The lowest BCUT2D eigenvalue weighted by molar-refractivity contribution is -0.127. The number of carbonyl (C=O) groups is 1. The molecule has 0 aliphatic carbocycles. The van der Waals surface area contributed by atoms with E-state index in [1.807, 2.05) is 6.92 Å². The number of hydrogen-bond donors (Lipinski definition) is 2. The van der Waals surface area contributed by atoms with Crippen molar-refractivity contribution in [2.75, 3.05) is 40.0 Å². The summed E-state index contributed by atoms with van der Waals surface area (Å²) in [5.74, 6) is 0.518. The van der Waals surface area contributed by atoms with E-state index < -0.39 is 9.84 Å². The van der Waals surface area contributed by atoms with E-state index in [9.17, 15) is 13.2 Å². The molecule has 0 bridgehead atoms. The number of hydrogen-bond acceptors (Lipinski definition) is 4. The second-order valence-electron chi connectivity index (χ2n) is 5.58. The zero-order valence-corrected chi connectivity index (χ0v) is 15.5. The SMILES string of the molecule is CCNC(=NCC(=O)N(C)C)NCCc1ccc(S(C)(=O)=O)cc1. The predicted octanol–water partition coefficient (Wildman–Crippen LogP) is 0.276. The van der Waals surface area contributed by atoms with Crippen LogP contribution >= 0.6 is 0 Å². The van der Waals surface area contributed by atoms with Gasteiger partial charge in [-0.2, -0.15) is 0 Å². The molecule has 0 fully saturated rings. The van der Waals surface area contributed by atoms with Crippen LogP contribution in [0.25, 0.3) is 0 Å². The van der Waals surface area contributed by atoms with Crippen LogP contribution in [0.15, 0.2) is 34.2 Å². The molecule has 0 atom stereocenters. The molecular weight excluding hydrogens is 328 g/mol. The Labute approximate surface area is 144 Å². The fourth-order valence-corrected chi connectivity index (χ4v) is 2.49. The minimum atomic E-state index is -3.16. The number of aliphatic imine (C=N–C) groups is 1. The molecular formula is C16H26N4O3S. The summed E-state index contributed by atoms with van der Waals surface area (Å²) < 4.78 is 22.9. The minimum Gasteiger partial charge on any atom is -0.357 e. The van der Waals surface area contributed by atoms with Crippen LogP contribution in [0.1, 0.15) is 12.5 Å². The number of nitrogens with one attached hydrogen (secondary N) is 2. The monoisotopic (exact) mass is 354 g/mol. The van der Waals surface area contributed by atoms with Gasteiger partial charge in [0.25, 0.3) is 0 Å². The van der Waals surface area contributed by atoms with E-state index >= 15 is 0 Å². The fraction of sp³-hybridized carbons (Fsp3) is 0.500. The van der Waals surface area contributed by atoms with Gasteiger partial charge in [0.2, 0.25) is 5.91 Å². The molecule has 1 aromatic carbocycles. The summed E-state index contributed by atoms with van der Waals surface area (Å²) in [4.78, 5) is 17.6. The number of nitrogens with zero attached hydrogens (tertiary/aromatic N) is 2. The summed E-state index contributed by atoms with van der Waals surface area (Å²) in [6.45, 7) is 3.37. The van der Waals surface area contributed by atoms with Crippen molar-refractivity contribution >= 4 is 21.7 Å².